The van der Waals surface area contributed by atoms with Crippen molar-refractivity contribution >= 4 is 0 Å². The van der Waals surface area contributed by atoms with Gasteiger partial charge in [-0.3, -0.25) is 0 Å². The Morgan fingerprint density at radius 1 is 1.33 bits per heavy atom. The Morgan fingerprint density at radius 3 is 2.17 bits per heavy atom. The lowest BCUT2D eigenvalue weighted by atomic mass is 9.75. The first kappa shape index (κ1) is 10.0. The molecule has 2 heteroatoms. The van der Waals surface area contributed by atoms with E-state index in [4.69, 9.17) is 5.73 Å². The van der Waals surface area contributed by atoms with Crippen molar-refractivity contribution in [1.29, 1.82) is 0 Å². The van der Waals surface area contributed by atoms with E-state index in [9.17, 15) is 5.11 Å². The summed E-state index contributed by atoms with van der Waals surface area (Å²) in [6.07, 6.45) is 4.70. The number of hydrogen-bond donors (Lipinski definition) is 2. The summed E-state index contributed by atoms with van der Waals surface area (Å²) in [5, 5.41) is 9.36. The molecule has 0 radical (unpaired) electrons. The molecule has 1 rings (SSSR count). The highest BCUT2D eigenvalue weighted by Crippen LogP contribution is 2.41. The van der Waals surface area contributed by atoms with Crippen LogP contribution in [0.4, 0.5) is 0 Å². The number of hydrogen-bond acceptors (Lipinski definition) is 2. The molecule has 3 N–H and O–H groups in total. The number of aliphatic hydroxyl groups excluding tert-OH is 1. The normalized spacial score (nSPS) is 24.8. The van der Waals surface area contributed by atoms with Gasteiger partial charge in [0.05, 0.1) is 6.61 Å². The van der Waals surface area contributed by atoms with Gasteiger partial charge in [0, 0.05) is 11.5 Å². The third kappa shape index (κ3) is 1.64. The molecule has 1 atom stereocenters. The predicted molar refractivity (Wildman–Crippen MR) is 50.8 cm³/mol. The molecule has 0 aromatic carbocycles. The fourth-order valence-electron chi connectivity index (χ4n) is 2.38. The second kappa shape index (κ2) is 3.75. The van der Waals surface area contributed by atoms with Crippen LogP contribution in [0.15, 0.2) is 0 Å². The number of nitrogens with two attached hydrogens (primary N) is 1. The average Bonchev–Trinajstić information content (AvgIpc) is 2.52. The van der Waals surface area contributed by atoms with Gasteiger partial charge in [0.15, 0.2) is 0 Å². The molecule has 0 bridgehead atoms. The van der Waals surface area contributed by atoms with Gasteiger partial charge in [-0.05, 0) is 18.8 Å². The zero-order valence-corrected chi connectivity index (χ0v) is 8.21. The second-order valence-corrected chi connectivity index (χ2v) is 4.50. The van der Waals surface area contributed by atoms with E-state index in [0.717, 1.165) is 12.8 Å². The second-order valence-electron chi connectivity index (χ2n) is 4.50. The minimum Gasteiger partial charge on any atom is -0.396 e. The summed E-state index contributed by atoms with van der Waals surface area (Å²) in [6.45, 7) is 4.55. The molecule has 1 aliphatic rings. The Labute approximate surface area is 75.2 Å². The molecule has 0 amide bonds. The Morgan fingerprint density at radius 2 is 1.83 bits per heavy atom. The fraction of sp³-hybridized carbons (Fsp3) is 1.00. The Hall–Kier alpha value is -0.0800. The molecule has 0 saturated heterocycles. The maximum absolute atomic E-state index is 9.36. The molecule has 12 heavy (non-hydrogen) atoms. The first-order valence-electron chi connectivity index (χ1n) is 4.99. The van der Waals surface area contributed by atoms with Crippen molar-refractivity contribution in [3.63, 3.8) is 0 Å². The van der Waals surface area contributed by atoms with Crippen molar-refractivity contribution in [1.82, 2.24) is 0 Å². The topological polar surface area (TPSA) is 46.2 Å². The fourth-order valence-corrected chi connectivity index (χ4v) is 2.38. The van der Waals surface area contributed by atoms with E-state index in [1.807, 2.05) is 0 Å². The molecular weight excluding hydrogens is 150 g/mol. The Balaban J connectivity index is 2.65. The Bertz CT molecular complexity index is 139. The standard InChI is InChI=1S/C10H21NO/c1-8(2)9(11)10(7-12)5-3-4-6-10/h8-9,12H,3-7,11H2,1-2H3. The van der Waals surface area contributed by atoms with E-state index in [1.54, 1.807) is 0 Å². The van der Waals surface area contributed by atoms with E-state index in [0.29, 0.717) is 5.92 Å². The number of rotatable bonds is 3. The molecule has 2 nitrogen and oxygen atoms in total. The molecule has 1 fully saturated rings. The first-order valence-corrected chi connectivity index (χ1v) is 4.99. The molecule has 0 aromatic rings. The van der Waals surface area contributed by atoms with Crippen molar-refractivity contribution in [3.8, 4) is 0 Å². The molecule has 1 aliphatic carbocycles. The maximum Gasteiger partial charge on any atom is 0.0502 e. The summed E-state index contributed by atoms with van der Waals surface area (Å²) < 4.78 is 0. The molecule has 0 heterocycles. The van der Waals surface area contributed by atoms with Gasteiger partial charge in [-0.1, -0.05) is 26.7 Å². The Kier molecular flexibility index (Phi) is 3.13. The molecule has 1 unspecified atom stereocenters. The molecule has 0 aliphatic heterocycles. The highest BCUT2D eigenvalue weighted by atomic mass is 16.3. The van der Waals surface area contributed by atoms with E-state index in [-0.39, 0.29) is 18.1 Å². The lowest BCUT2D eigenvalue weighted by Crippen LogP contribution is -2.46. The van der Waals surface area contributed by atoms with E-state index >= 15 is 0 Å². The van der Waals surface area contributed by atoms with Crippen LogP contribution in [0, 0.1) is 11.3 Å². The van der Waals surface area contributed by atoms with Crippen LogP contribution in [0.2, 0.25) is 0 Å². The summed E-state index contributed by atoms with van der Waals surface area (Å²) in [7, 11) is 0. The van der Waals surface area contributed by atoms with Gasteiger partial charge in [0.2, 0.25) is 0 Å². The van der Waals surface area contributed by atoms with Crippen LogP contribution in [0.5, 0.6) is 0 Å². The summed E-state index contributed by atoms with van der Waals surface area (Å²) >= 11 is 0. The highest BCUT2D eigenvalue weighted by Gasteiger charge is 2.39. The molecular formula is C10H21NO. The van der Waals surface area contributed by atoms with Crippen LogP contribution in [-0.2, 0) is 0 Å². The van der Waals surface area contributed by atoms with Crippen molar-refractivity contribution in [3.05, 3.63) is 0 Å². The number of aliphatic hydroxyl groups is 1. The zero-order valence-electron chi connectivity index (χ0n) is 8.21. The predicted octanol–water partition coefficient (Wildman–Crippen LogP) is 1.52. The van der Waals surface area contributed by atoms with Crippen LogP contribution < -0.4 is 5.73 Å². The maximum atomic E-state index is 9.36. The van der Waals surface area contributed by atoms with Gasteiger partial charge in [-0.25, -0.2) is 0 Å². The van der Waals surface area contributed by atoms with Gasteiger partial charge < -0.3 is 10.8 Å². The van der Waals surface area contributed by atoms with E-state index < -0.39 is 0 Å². The summed E-state index contributed by atoms with van der Waals surface area (Å²) in [6, 6.07) is 0.171. The third-order valence-corrected chi connectivity index (χ3v) is 3.34. The minimum absolute atomic E-state index is 0.0498. The lowest BCUT2D eigenvalue weighted by Gasteiger charge is -2.35. The van der Waals surface area contributed by atoms with Crippen molar-refractivity contribution in [2.24, 2.45) is 17.1 Å². The van der Waals surface area contributed by atoms with Gasteiger partial charge >= 0.3 is 0 Å². The van der Waals surface area contributed by atoms with E-state index in [1.165, 1.54) is 12.8 Å². The van der Waals surface area contributed by atoms with Gasteiger partial charge in [-0.2, -0.15) is 0 Å². The molecule has 1 saturated carbocycles. The van der Waals surface area contributed by atoms with Gasteiger partial charge in [0.25, 0.3) is 0 Å². The SMILES string of the molecule is CC(C)C(N)C1(CO)CCCC1. The summed E-state index contributed by atoms with van der Waals surface area (Å²) in [5.74, 6) is 0.482. The summed E-state index contributed by atoms with van der Waals surface area (Å²) in [4.78, 5) is 0. The van der Waals surface area contributed by atoms with Crippen LogP contribution in [-0.4, -0.2) is 17.8 Å². The van der Waals surface area contributed by atoms with Crippen molar-refractivity contribution < 1.29 is 5.11 Å². The lowest BCUT2D eigenvalue weighted by molar-refractivity contribution is 0.0840. The quantitative estimate of drug-likeness (QED) is 0.676. The smallest absolute Gasteiger partial charge is 0.0502 e. The summed E-state index contributed by atoms with van der Waals surface area (Å²) in [5.41, 5.74) is 6.16. The van der Waals surface area contributed by atoms with Crippen molar-refractivity contribution in [2.75, 3.05) is 6.61 Å². The third-order valence-electron chi connectivity index (χ3n) is 3.34. The van der Waals surface area contributed by atoms with Crippen LogP contribution >= 0.6 is 0 Å². The van der Waals surface area contributed by atoms with Crippen LogP contribution in [0.1, 0.15) is 39.5 Å². The highest BCUT2D eigenvalue weighted by molar-refractivity contribution is 4.93. The van der Waals surface area contributed by atoms with Crippen molar-refractivity contribution in [2.45, 2.75) is 45.6 Å². The van der Waals surface area contributed by atoms with Crippen LogP contribution in [0.3, 0.4) is 0 Å². The average molecular weight is 171 g/mol. The van der Waals surface area contributed by atoms with E-state index in [2.05, 4.69) is 13.8 Å². The van der Waals surface area contributed by atoms with Gasteiger partial charge in [0.1, 0.15) is 0 Å². The first-order chi connectivity index (χ1) is 5.62. The molecule has 0 spiro atoms. The zero-order chi connectivity index (χ0) is 9.19. The molecule has 72 valence electrons. The van der Waals surface area contributed by atoms with Crippen LogP contribution in [0.25, 0.3) is 0 Å². The monoisotopic (exact) mass is 171 g/mol. The molecule has 0 aromatic heterocycles. The minimum atomic E-state index is 0.0498. The largest absolute Gasteiger partial charge is 0.396 e. The van der Waals surface area contributed by atoms with Gasteiger partial charge in [-0.15, -0.1) is 0 Å².